The summed E-state index contributed by atoms with van der Waals surface area (Å²) in [5.41, 5.74) is 2.32. The fraction of sp³-hybridized carbons (Fsp3) is 0.381. The van der Waals surface area contributed by atoms with Crippen molar-refractivity contribution < 1.29 is 14.2 Å². The fourth-order valence-corrected chi connectivity index (χ4v) is 2.73. The molecule has 2 N–H and O–H groups in total. The van der Waals surface area contributed by atoms with Gasteiger partial charge in [0.2, 0.25) is 0 Å². The van der Waals surface area contributed by atoms with Gasteiger partial charge < -0.3 is 24.8 Å². The van der Waals surface area contributed by atoms with E-state index in [-0.39, 0.29) is 0 Å². The van der Waals surface area contributed by atoms with Crippen molar-refractivity contribution >= 4 is 17.3 Å². The highest BCUT2D eigenvalue weighted by atomic mass is 32.1. The van der Waals surface area contributed by atoms with Crippen molar-refractivity contribution in [3.63, 3.8) is 0 Å². The zero-order chi connectivity index (χ0) is 19.5. The van der Waals surface area contributed by atoms with Gasteiger partial charge in [-0.15, -0.1) is 0 Å². The summed E-state index contributed by atoms with van der Waals surface area (Å²) in [4.78, 5) is 0. The molecule has 0 saturated heterocycles. The minimum Gasteiger partial charge on any atom is -0.497 e. The third-order valence-corrected chi connectivity index (χ3v) is 4.21. The molecule has 2 rings (SSSR count). The van der Waals surface area contributed by atoms with Crippen molar-refractivity contribution in [2.24, 2.45) is 0 Å². The van der Waals surface area contributed by atoms with Gasteiger partial charge in [-0.25, -0.2) is 0 Å². The van der Waals surface area contributed by atoms with Gasteiger partial charge in [0.1, 0.15) is 5.75 Å². The standard InChI is InChI=1S/C21H28N2O3S/c1-4-25-19-11-8-16(14-20(19)26-5-2)12-13-22-21(27)23-15-17-6-9-18(24-3)10-7-17/h6-11,14H,4-5,12-13,15H2,1-3H3,(H2,22,23,27). The predicted molar refractivity (Wildman–Crippen MR) is 113 cm³/mol. The van der Waals surface area contributed by atoms with E-state index >= 15 is 0 Å². The Hall–Kier alpha value is -2.47. The van der Waals surface area contributed by atoms with E-state index in [4.69, 9.17) is 26.4 Å². The van der Waals surface area contributed by atoms with Crippen LogP contribution in [0.1, 0.15) is 25.0 Å². The summed E-state index contributed by atoms with van der Waals surface area (Å²) in [7, 11) is 1.66. The number of ether oxygens (including phenoxy) is 3. The molecule has 0 heterocycles. The molecule has 2 aromatic rings. The first-order chi connectivity index (χ1) is 13.2. The van der Waals surface area contributed by atoms with E-state index in [0.29, 0.717) is 24.9 Å². The molecule has 27 heavy (non-hydrogen) atoms. The van der Waals surface area contributed by atoms with E-state index in [9.17, 15) is 0 Å². The molecule has 5 nitrogen and oxygen atoms in total. The Morgan fingerprint density at radius 1 is 0.889 bits per heavy atom. The van der Waals surface area contributed by atoms with Gasteiger partial charge in [-0.05, 0) is 67.9 Å². The number of benzene rings is 2. The van der Waals surface area contributed by atoms with Crippen LogP contribution in [-0.4, -0.2) is 32.0 Å². The average molecular weight is 389 g/mol. The van der Waals surface area contributed by atoms with Gasteiger partial charge in [0, 0.05) is 13.1 Å². The van der Waals surface area contributed by atoms with Crippen LogP contribution in [-0.2, 0) is 13.0 Å². The van der Waals surface area contributed by atoms with E-state index in [1.807, 2.05) is 50.2 Å². The molecule has 0 fully saturated rings. The molecule has 0 atom stereocenters. The molecular weight excluding hydrogens is 360 g/mol. The van der Waals surface area contributed by atoms with Gasteiger partial charge in [0.25, 0.3) is 0 Å². The van der Waals surface area contributed by atoms with Crippen molar-refractivity contribution in [3.05, 3.63) is 53.6 Å². The molecule has 2 aromatic carbocycles. The van der Waals surface area contributed by atoms with Crippen LogP contribution in [0, 0.1) is 0 Å². The summed E-state index contributed by atoms with van der Waals surface area (Å²) in [5, 5.41) is 7.09. The number of rotatable bonds is 10. The zero-order valence-electron chi connectivity index (χ0n) is 16.2. The molecule has 0 aliphatic rings. The van der Waals surface area contributed by atoms with E-state index in [1.165, 1.54) is 5.56 Å². The average Bonchev–Trinajstić information content (AvgIpc) is 2.69. The van der Waals surface area contributed by atoms with E-state index in [2.05, 4.69) is 16.7 Å². The van der Waals surface area contributed by atoms with Gasteiger partial charge in [0.15, 0.2) is 16.6 Å². The normalized spacial score (nSPS) is 10.2. The van der Waals surface area contributed by atoms with Gasteiger partial charge in [0.05, 0.1) is 20.3 Å². The maximum absolute atomic E-state index is 5.67. The van der Waals surface area contributed by atoms with Crippen molar-refractivity contribution in [1.29, 1.82) is 0 Å². The predicted octanol–water partition coefficient (Wildman–Crippen LogP) is 3.70. The molecule has 6 heteroatoms. The highest BCUT2D eigenvalue weighted by Crippen LogP contribution is 2.28. The smallest absolute Gasteiger partial charge is 0.166 e. The zero-order valence-corrected chi connectivity index (χ0v) is 17.0. The quantitative estimate of drug-likeness (QED) is 0.606. The lowest BCUT2D eigenvalue weighted by Gasteiger charge is -2.13. The molecule has 0 aliphatic heterocycles. The van der Waals surface area contributed by atoms with E-state index < -0.39 is 0 Å². The number of hydrogen-bond donors (Lipinski definition) is 2. The summed E-state index contributed by atoms with van der Waals surface area (Å²) in [6.07, 6.45) is 0.844. The lowest BCUT2D eigenvalue weighted by Crippen LogP contribution is -2.35. The topological polar surface area (TPSA) is 51.8 Å². The SMILES string of the molecule is CCOc1ccc(CCNC(=S)NCc2ccc(OC)cc2)cc1OCC. The lowest BCUT2D eigenvalue weighted by atomic mass is 10.1. The summed E-state index contributed by atoms with van der Waals surface area (Å²) < 4.78 is 16.4. The Labute approximate surface area is 167 Å². The van der Waals surface area contributed by atoms with Crippen LogP contribution in [0.4, 0.5) is 0 Å². The number of nitrogens with one attached hydrogen (secondary N) is 2. The summed E-state index contributed by atoms with van der Waals surface area (Å²) in [6, 6.07) is 14.0. The second-order valence-electron chi connectivity index (χ2n) is 5.85. The molecule has 0 radical (unpaired) electrons. The van der Waals surface area contributed by atoms with Crippen molar-refractivity contribution in [3.8, 4) is 17.2 Å². The molecule has 0 amide bonds. The monoisotopic (exact) mass is 388 g/mol. The summed E-state index contributed by atoms with van der Waals surface area (Å²) in [5.74, 6) is 2.42. The molecule has 0 aliphatic carbocycles. The van der Waals surface area contributed by atoms with Crippen LogP contribution in [0.25, 0.3) is 0 Å². The molecule has 0 unspecified atom stereocenters. The molecular formula is C21H28N2O3S. The van der Waals surface area contributed by atoms with Crippen LogP contribution in [0.3, 0.4) is 0 Å². The van der Waals surface area contributed by atoms with Gasteiger partial charge in [-0.3, -0.25) is 0 Å². The first-order valence-corrected chi connectivity index (χ1v) is 9.60. The highest BCUT2D eigenvalue weighted by molar-refractivity contribution is 7.80. The molecule has 0 bridgehead atoms. The van der Waals surface area contributed by atoms with Gasteiger partial charge >= 0.3 is 0 Å². The maximum Gasteiger partial charge on any atom is 0.166 e. The largest absolute Gasteiger partial charge is 0.497 e. The number of hydrogen-bond acceptors (Lipinski definition) is 4. The molecule has 0 spiro atoms. The first-order valence-electron chi connectivity index (χ1n) is 9.19. The minimum absolute atomic E-state index is 0.612. The van der Waals surface area contributed by atoms with E-state index in [0.717, 1.165) is 35.8 Å². The van der Waals surface area contributed by atoms with E-state index in [1.54, 1.807) is 7.11 Å². The van der Waals surface area contributed by atoms with Crippen molar-refractivity contribution in [2.75, 3.05) is 26.9 Å². The second kappa shape index (κ2) is 11.3. The maximum atomic E-state index is 5.67. The Kier molecular flexibility index (Phi) is 8.71. The number of thiocarbonyl (C=S) groups is 1. The minimum atomic E-state index is 0.612. The van der Waals surface area contributed by atoms with Crippen LogP contribution < -0.4 is 24.8 Å². The Balaban J connectivity index is 1.77. The second-order valence-corrected chi connectivity index (χ2v) is 6.26. The van der Waals surface area contributed by atoms with Crippen molar-refractivity contribution in [2.45, 2.75) is 26.8 Å². The van der Waals surface area contributed by atoms with Crippen LogP contribution in [0.5, 0.6) is 17.2 Å². The third kappa shape index (κ3) is 6.98. The summed E-state index contributed by atoms with van der Waals surface area (Å²) >= 11 is 5.35. The Morgan fingerprint density at radius 3 is 2.22 bits per heavy atom. The lowest BCUT2D eigenvalue weighted by molar-refractivity contribution is 0.287. The number of methoxy groups -OCH3 is 1. The summed E-state index contributed by atoms with van der Waals surface area (Å²) in [6.45, 7) is 6.59. The van der Waals surface area contributed by atoms with Gasteiger partial charge in [-0.1, -0.05) is 18.2 Å². The Morgan fingerprint density at radius 2 is 1.56 bits per heavy atom. The van der Waals surface area contributed by atoms with Crippen LogP contribution in [0.15, 0.2) is 42.5 Å². The fourth-order valence-electron chi connectivity index (χ4n) is 2.56. The highest BCUT2D eigenvalue weighted by Gasteiger charge is 2.06. The van der Waals surface area contributed by atoms with Gasteiger partial charge in [-0.2, -0.15) is 0 Å². The molecule has 0 aromatic heterocycles. The van der Waals surface area contributed by atoms with Crippen LogP contribution in [0.2, 0.25) is 0 Å². The molecule has 0 saturated carbocycles. The first kappa shape index (κ1) is 20.8. The third-order valence-electron chi connectivity index (χ3n) is 3.92. The van der Waals surface area contributed by atoms with Crippen molar-refractivity contribution in [1.82, 2.24) is 10.6 Å². The Bertz CT molecular complexity index is 720. The molecule has 146 valence electrons. The van der Waals surface area contributed by atoms with Crippen LogP contribution >= 0.6 is 12.2 Å².